The molecule has 0 fully saturated rings. The molecule has 26 heavy (non-hydrogen) atoms. The maximum atomic E-state index is 11.2. The molecule has 0 spiro atoms. The Balaban J connectivity index is 1.59. The van der Waals surface area contributed by atoms with Crippen LogP contribution in [-0.2, 0) is 17.5 Å². The highest BCUT2D eigenvalue weighted by Gasteiger charge is 2.59. The van der Waals surface area contributed by atoms with Gasteiger partial charge in [-0.25, -0.2) is 0 Å². The van der Waals surface area contributed by atoms with Crippen molar-refractivity contribution < 1.29 is 19.0 Å². The summed E-state index contributed by atoms with van der Waals surface area (Å²) >= 11 is 0. The second kappa shape index (κ2) is 7.26. The third-order valence-electron chi connectivity index (χ3n) is 5.22. The minimum absolute atomic E-state index is 0.346. The van der Waals surface area contributed by atoms with Crippen LogP contribution in [0.3, 0.4) is 0 Å². The molecular weight excluding hydrogens is 349 g/mol. The van der Waals surface area contributed by atoms with Gasteiger partial charge in [-0.1, -0.05) is 42.5 Å². The summed E-state index contributed by atoms with van der Waals surface area (Å²) in [4.78, 5) is 13.4. The van der Waals surface area contributed by atoms with Gasteiger partial charge in [0.1, 0.15) is 6.10 Å². The minimum atomic E-state index is -3.20. The maximum Gasteiger partial charge on any atom is 0.461 e. The zero-order valence-electron chi connectivity index (χ0n) is 14.9. The lowest BCUT2D eigenvalue weighted by atomic mass is 9.99. The quantitative estimate of drug-likeness (QED) is 0.804. The fourth-order valence-electron chi connectivity index (χ4n) is 3.89. The van der Waals surface area contributed by atoms with E-state index in [2.05, 4.69) is 29.2 Å². The van der Waals surface area contributed by atoms with Gasteiger partial charge in [-0.2, -0.15) is 9.42 Å². The molecule has 0 radical (unpaired) electrons. The van der Waals surface area contributed by atoms with Crippen molar-refractivity contribution in [3.63, 3.8) is 0 Å². The van der Waals surface area contributed by atoms with E-state index >= 15 is 0 Å². The van der Waals surface area contributed by atoms with Gasteiger partial charge in [0.2, 0.25) is 5.66 Å². The monoisotopic (exact) mass is 374 g/mol. The Kier molecular flexibility index (Phi) is 5.00. The zero-order chi connectivity index (χ0) is 18.1. The second-order valence-corrected chi connectivity index (χ2v) is 9.11. The molecule has 2 aromatic rings. The summed E-state index contributed by atoms with van der Waals surface area (Å²) in [5, 5.41) is 11.0. The second-order valence-electron chi connectivity index (χ2n) is 6.88. The van der Waals surface area contributed by atoms with Gasteiger partial charge in [0.05, 0.1) is 6.61 Å². The Bertz CT molecular complexity index is 786. The van der Waals surface area contributed by atoms with Gasteiger partial charge in [0.25, 0.3) is 0 Å². The number of hydrogen-bond donors (Lipinski definition) is 2. The third kappa shape index (κ3) is 3.26. The SMILES string of the molecule is CCO[P+]1(O)Oc2ccccc2[C@@H](O)[C@@H]1CN1CCc2ccccc2C1. The van der Waals surface area contributed by atoms with Gasteiger partial charge < -0.3 is 5.11 Å². The first-order chi connectivity index (χ1) is 12.6. The lowest BCUT2D eigenvalue weighted by Crippen LogP contribution is -2.43. The molecule has 6 heteroatoms. The highest BCUT2D eigenvalue weighted by Crippen LogP contribution is 2.67. The number of rotatable bonds is 4. The highest BCUT2D eigenvalue weighted by atomic mass is 31.2. The molecule has 0 saturated carbocycles. The van der Waals surface area contributed by atoms with Crippen LogP contribution in [0.1, 0.15) is 29.7 Å². The van der Waals surface area contributed by atoms with Gasteiger partial charge in [-0.05, 0) is 30.5 Å². The van der Waals surface area contributed by atoms with Crippen molar-refractivity contribution in [2.24, 2.45) is 0 Å². The van der Waals surface area contributed by atoms with Crippen molar-refractivity contribution in [3.8, 4) is 5.75 Å². The standard InChI is InChI=1S/C20H25NO4P/c1-2-24-26(23)19(20(22)17-9-5-6-10-18(17)25-26)14-21-12-11-15-7-3-4-8-16(15)13-21/h3-10,19-20,22-23H,2,11-14H2,1H3/q+1/t19-,20+,26?/m0/s1. The van der Waals surface area contributed by atoms with E-state index in [1.54, 1.807) is 6.07 Å². The molecule has 5 nitrogen and oxygen atoms in total. The summed E-state index contributed by atoms with van der Waals surface area (Å²) < 4.78 is 11.6. The van der Waals surface area contributed by atoms with Crippen LogP contribution in [-0.4, -0.2) is 40.3 Å². The predicted octanol–water partition coefficient (Wildman–Crippen LogP) is 3.33. The van der Waals surface area contributed by atoms with Crippen LogP contribution in [0.2, 0.25) is 0 Å². The van der Waals surface area contributed by atoms with Crippen LogP contribution in [0.4, 0.5) is 0 Å². The topological polar surface area (TPSA) is 62.2 Å². The van der Waals surface area contributed by atoms with E-state index in [0.717, 1.165) is 25.1 Å². The molecule has 2 heterocycles. The Morgan fingerprint density at radius 2 is 1.88 bits per heavy atom. The molecule has 0 aliphatic carbocycles. The molecule has 0 bridgehead atoms. The first-order valence-electron chi connectivity index (χ1n) is 9.12. The lowest BCUT2D eigenvalue weighted by Gasteiger charge is -2.37. The Morgan fingerprint density at radius 1 is 1.15 bits per heavy atom. The fourth-order valence-corrected chi connectivity index (χ4v) is 6.04. The van der Waals surface area contributed by atoms with Gasteiger partial charge in [-0.15, -0.1) is 0 Å². The molecule has 0 aromatic heterocycles. The van der Waals surface area contributed by atoms with E-state index in [1.807, 2.05) is 25.1 Å². The zero-order valence-corrected chi connectivity index (χ0v) is 15.8. The molecule has 3 atom stereocenters. The first kappa shape index (κ1) is 17.9. The number of fused-ring (bicyclic) bond motifs is 2. The molecule has 138 valence electrons. The number of nitrogens with zero attached hydrogens (tertiary/aromatic N) is 1. The fraction of sp³-hybridized carbons (Fsp3) is 0.400. The number of aliphatic hydroxyl groups excluding tert-OH is 1. The summed E-state index contributed by atoms with van der Waals surface area (Å²) in [5.41, 5.74) is 2.93. The average Bonchev–Trinajstić information content (AvgIpc) is 2.65. The molecule has 2 aromatic carbocycles. The van der Waals surface area contributed by atoms with Gasteiger partial charge in [-0.3, -0.25) is 9.42 Å². The summed E-state index contributed by atoms with van der Waals surface area (Å²) in [6.45, 7) is 4.43. The molecule has 0 saturated heterocycles. The van der Waals surface area contributed by atoms with E-state index in [1.165, 1.54) is 11.1 Å². The number of hydrogen-bond acceptors (Lipinski definition) is 5. The smallest absolute Gasteiger partial charge is 0.384 e. The van der Waals surface area contributed by atoms with E-state index < -0.39 is 19.7 Å². The number of benzene rings is 2. The maximum absolute atomic E-state index is 11.2. The Morgan fingerprint density at radius 3 is 2.69 bits per heavy atom. The van der Waals surface area contributed by atoms with Crippen LogP contribution in [0.25, 0.3) is 0 Å². The molecule has 1 unspecified atom stereocenters. The van der Waals surface area contributed by atoms with Gasteiger partial charge >= 0.3 is 7.94 Å². The van der Waals surface area contributed by atoms with Crippen molar-refractivity contribution in [1.82, 2.24) is 4.90 Å². The largest absolute Gasteiger partial charge is 0.461 e. The third-order valence-corrected chi connectivity index (χ3v) is 7.59. The molecule has 2 N–H and O–H groups in total. The van der Waals surface area contributed by atoms with Crippen LogP contribution in [0.15, 0.2) is 48.5 Å². The van der Waals surface area contributed by atoms with Crippen LogP contribution in [0, 0.1) is 0 Å². The average molecular weight is 374 g/mol. The molecule has 2 aliphatic heterocycles. The van der Waals surface area contributed by atoms with E-state index in [0.29, 0.717) is 18.9 Å². The van der Waals surface area contributed by atoms with Gasteiger partial charge in [0.15, 0.2) is 5.75 Å². The van der Waals surface area contributed by atoms with E-state index in [4.69, 9.17) is 9.05 Å². The molecule has 2 aliphatic rings. The van der Waals surface area contributed by atoms with Crippen molar-refractivity contribution in [3.05, 3.63) is 65.2 Å². The highest BCUT2D eigenvalue weighted by molar-refractivity contribution is 7.62. The summed E-state index contributed by atoms with van der Waals surface area (Å²) in [5.74, 6) is 0.518. The summed E-state index contributed by atoms with van der Waals surface area (Å²) in [6.07, 6.45) is 0.170. The van der Waals surface area contributed by atoms with Crippen LogP contribution < -0.4 is 4.52 Å². The number of aliphatic hydroxyl groups is 1. The summed E-state index contributed by atoms with van der Waals surface area (Å²) in [6, 6.07) is 15.8. The predicted molar refractivity (Wildman–Crippen MR) is 102 cm³/mol. The molecular formula is C20H25NO4P+. The number of para-hydroxylation sites is 1. The van der Waals surface area contributed by atoms with Crippen LogP contribution >= 0.6 is 7.94 Å². The minimum Gasteiger partial charge on any atom is -0.384 e. The van der Waals surface area contributed by atoms with E-state index in [9.17, 15) is 10.00 Å². The van der Waals surface area contributed by atoms with Gasteiger partial charge in [0, 0.05) is 25.2 Å². The van der Waals surface area contributed by atoms with Crippen molar-refractivity contribution >= 4 is 7.94 Å². The lowest BCUT2D eigenvalue weighted by molar-refractivity contribution is 0.103. The van der Waals surface area contributed by atoms with Crippen LogP contribution in [0.5, 0.6) is 5.75 Å². The molecule has 0 amide bonds. The Labute approximate surface area is 154 Å². The van der Waals surface area contributed by atoms with E-state index in [-0.39, 0.29) is 0 Å². The van der Waals surface area contributed by atoms with Crippen molar-refractivity contribution in [2.45, 2.75) is 31.7 Å². The molecule has 4 rings (SSSR count). The normalized spacial score (nSPS) is 28.1. The summed E-state index contributed by atoms with van der Waals surface area (Å²) in [7, 11) is -3.20. The Hall–Kier alpha value is -1.49. The van der Waals surface area contributed by atoms with Crippen molar-refractivity contribution in [2.75, 3.05) is 19.7 Å². The van der Waals surface area contributed by atoms with Crippen molar-refractivity contribution in [1.29, 1.82) is 0 Å². The first-order valence-corrected chi connectivity index (χ1v) is 10.8.